The molecule has 2 aliphatic rings. The van der Waals surface area contributed by atoms with Crippen LogP contribution in [-0.2, 0) is 19.3 Å². The first-order valence-corrected chi connectivity index (χ1v) is 8.18. The third kappa shape index (κ3) is 2.55. The maximum atomic E-state index is 9.14. The smallest absolute Gasteiger partial charge is 0.125 e. The normalized spacial score (nSPS) is 22.4. The number of hydrogen-bond acceptors (Lipinski definition) is 4. The molecule has 3 rings (SSSR count). The van der Waals surface area contributed by atoms with Crippen molar-refractivity contribution in [2.75, 3.05) is 7.11 Å². The molecule has 0 fully saturated rings. The zero-order valence-corrected chi connectivity index (χ0v) is 14.4. The third-order valence-corrected chi connectivity index (χ3v) is 5.13. The first-order valence-electron chi connectivity index (χ1n) is 8.18. The molecule has 1 heterocycles. The quantitative estimate of drug-likeness (QED) is 0.825. The van der Waals surface area contributed by atoms with E-state index in [0.717, 1.165) is 30.7 Å². The summed E-state index contributed by atoms with van der Waals surface area (Å²) in [5, 5.41) is 17.8. The number of nitrogens with zero attached hydrogens (tertiary/aromatic N) is 3. The number of aryl methyl sites for hydroxylation is 1. The van der Waals surface area contributed by atoms with Crippen molar-refractivity contribution in [3.05, 3.63) is 39.6 Å². The van der Waals surface area contributed by atoms with Crippen molar-refractivity contribution in [3.63, 3.8) is 0 Å². The van der Waals surface area contributed by atoms with Crippen molar-refractivity contribution in [1.29, 1.82) is 5.26 Å². The molecular formula is C19H23N3O. The average Bonchev–Trinajstić information content (AvgIpc) is 3.09. The van der Waals surface area contributed by atoms with Gasteiger partial charge in [-0.25, -0.2) is 0 Å². The van der Waals surface area contributed by atoms with Gasteiger partial charge in [-0.1, -0.05) is 6.07 Å². The standard InChI is InChI=1S/C19H23N3O/c1-12-10-14(15-6-5-7-16(15)18(12)23-4)11-17-13(2)21-22-19(17,3)8-9-20/h10H,5-8,11H2,1-4H3. The summed E-state index contributed by atoms with van der Waals surface area (Å²) < 4.78 is 5.62. The Morgan fingerprint density at radius 1 is 1.30 bits per heavy atom. The van der Waals surface area contributed by atoms with Gasteiger partial charge in [-0.2, -0.15) is 15.5 Å². The molecule has 0 saturated heterocycles. The van der Waals surface area contributed by atoms with Gasteiger partial charge in [0.25, 0.3) is 0 Å². The predicted octanol–water partition coefficient (Wildman–Crippen LogP) is 4.45. The molecule has 1 unspecified atom stereocenters. The summed E-state index contributed by atoms with van der Waals surface area (Å²) in [7, 11) is 1.76. The third-order valence-electron chi connectivity index (χ3n) is 5.13. The van der Waals surface area contributed by atoms with Gasteiger partial charge in [0.1, 0.15) is 11.3 Å². The maximum absolute atomic E-state index is 9.14. The molecule has 1 aromatic rings. The fourth-order valence-corrected chi connectivity index (χ4v) is 3.94. The SMILES string of the molecule is COc1c(C)cc(CC2=C(C)N=NC2(C)CC#N)c2c1CCC2. The molecule has 0 bridgehead atoms. The highest BCUT2D eigenvalue weighted by molar-refractivity contribution is 5.54. The van der Waals surface area contributed by atoms with Crippen LogP contribution < -0.4 is 4.74 Å². The molecule has 4 heteroatoms. The zero-order chi connectivity index (χ0) is 16.6. The number of methoxy groups -OCH3 is 1. The lowest BCUT2D eigenvalue weighted by atomic mass is 9.83. The van der Waals surface area contributed by atoms with Gasteiger partial charge in [-0.15, -0.1) is 0 Å². The van der Waals surface area contributed by atoms with Gasteiger partial charge < -0.3 is 4.74 Å². The fraction of sp³-hybridized carbons (Fsp3) is 0.526. The van der Waals surface area contributed by atoms with E-state index in [2.05, 4.69) is 29.3 Å². The van der Waals surface area contributed by atoms with Crippen molar-refractivity contribution in [2.45, 2.75) is 58.4 Å². The zero-order valence-electron chi connectivity index (χ0n) is 14.4. The Kier molecular flexibility index (Phi) is 3.97. The van der Waals surface area contributed by atoms with Gasteiger partial charge in [0.2, 0.25) is 0 Å². The summed E-state index contributed by atoms with van der Waals surface area (Å²) in [6, 6.07) is 4.50. The number of benzene rings is 1. The molecule has 0 spiro atoms. The summed E-state index contributed by atoms with van der Waals surface area (Å²) in [4.78, 5) is 0. The molecule has 23 heavy (non-hydrogen) atoms. The van der Waals surface area contributed by atoms with E-state index < -0.39 is 5.54 Å². The van der Waals surface area contributed by atoms with Crippen LogP contribution in [0.1, 0.15) is 48.9 Å². The van der Waals surface area contributed by atoms with Crippen LogP contribution in [-0.4, -0.2) is 12.6 Å². The predicted molar refractivity (Wildman–Crippen MR) is 89.7 cm³/mol. The van der Waals surface area contributed by atoms with Gasteiger partial charge in [-0.3, -0.25) is 0 Å². The van der Waals surface area contributed by atoms with Crippen LogP contribution in [0.4, 0.5) is 0 Å². The Morgan fingerprint density at radius 2 is 2.04 bits per heavy atom. The van der Waals surface area contributed by atoms with Gasteiger partial charge >= 0.3 is 0 Å². The number of azo groups is 1. The lowest BCUT2D eigenvalue weighted by molar-refractivity contribution is 0.407. The van der Waals surface area contributed by atoms with Crippen LogP contribution in [0.25, 0.3) is 0 Å². The number of allylic oxidation sites excluding steroid dienone is 1. The van der Waals surface area contributed by atoms with Gasteiger partial charge in [0, 0.05) is 0 Å². The topological polar surface area (TPSA) is 57.7 Å². The molecule has 1 atom stereocenters. The molecular weight excluding hydrogens is 286 g/mol. The average molecular weight is 309 g/mol. The Morgan fingerprint density at radius 3 is 2.74 bits per heavy atom. The molecule has 120 valence electrons. The summed E-state index contributed by atoms with van der Waals surface area (Å²) in [5.74, 6) is 1.05. The molecule has 0 aromatic heterocycles. The minimum absolute atomic E-state index is 0.375. The highest BCUT2D eigenvalue weighted by atomic mass is 16.5. The number of ether oxygens (including phenoxy) is 1. The van der Waals surface area contributed by atoms with E-state index in [1.54, 1.807) is 7.11 Å². The van der Waals surface area contributed by atoms with Crippen LogP contribution in [0.3, 0.4) is 0 Å². The van der Waals surface area contributed by atoms with Crippen molar-refractivity contribution >= 4 is 0 Å². The molecule has 0 radical (unpaired) electrons. The summed E-state index contributed by atoms with van der Waals surface area (Å²) in [6.07, 6.45) is 4.58. The van der Waals surface area contributed by atoms with E-state index in [1.807, 2.05) is 13.8 Å². The van der Waals surface area contributed by atoms with E-state index >= 15 is 0 Å². The monoisotopic (exact) mass is 309 g/mol. The van der Waals surface area contributed by atoms with E-state index in [1.165, 1.54) is 34.2 Å². The van der Waals surface area contributed by atoms with Gasteiger partial charge in [0.05, 0.1) is 25.3 Å². The Labute approximate surface area is 137 Å². The van der Waals surface area contributed by atoms with Crippen LogP contribution >= 0.6 is 0 Å². The molecule has 0 N–H and O–H groups in total. The molecule has 1 aliphatic carbocycles. The second-order valence-electron chi connectivity index (χ2n) is 6.75. The minimum atomic E-state index is -0.474. The van der Waals surface area contributed by atoms with E-state index in [-0.39, 0.29) is 0 Å². The molecule has 0 amide bonds. The van der Waals surface area contributed by atoms with Crippen LogP contribution in [0.5, 0.6) is 5.75 Å². The van der Waals surface area contributed by atoms with Crippen LogP contribution in [0, 0.1) is 18.3 Å². The van der Waals surface area contributed by atoms with E-state index in [4.69, 9.17) is 10.00 Å². The Hall–Kier alpha value is -2.15. The van der Waals surface area contributed by atoms with E-state index in [0.29, 0.717) is 6.42 Å². The van der Waals surface area contributed by atoms with Crippen molar-refractivity contribution in [3.8, 4) is 11.8 Å². The van der Waals surface area contributed by atoms with Crippen LogP contribution in [0.2, 0.25) is 0 Å². The highest BCUT2D eigenvalue weighted by Gasteiger charge is 2.35. The van der Waals surface area contributed by atoms with Crippen molar-refractivity contribution < 1.29 is 4.74 Å². The van der Waals surface area contributed by atoms with Gasteiger partial charge in [0.15, 0.2) is 0 Å². The maximum Gasteiger partial charge on any atom is 0.125 e. The summed E-state index contributed by atoms with van der Waals surface area (Å²) in [5.41, 5.74) is 7.00. The second kappa shape index (κ2) is 5.81. The lowest BCUT2D eigenvalue weighted by Crippen LogP contribution is -2.24. The number of nitriles is 1. The van der Waals surface area contributed by atoms with E-state index in [9.17, 15) is 0 Å². The molecule has 0 saturated carbocycles. The largest absolute Gasteiger partial charge is 0.496 e. The van der Waals surface area contributed by atoms with Gasteiger partial charge in [-0.05, 0) is 74.3 Å². The Balaban J connectivity index is 2.02. The number of fused-ring (bicyclic) bond motifs is 1. The fourth-order valence-electron chi connectivity index (χ4n) is 3.94. The summed E-state index contributed by atoms with van der Waals surface area (Å²) >= 11 is 0. The molecule has 1 aliphatic heterocycles. The molecule has 4 nitrogen and oxygen atoms in total. The Bertz CT molecular complexity index is 755. The highest BCUT2D eigenvalue weighted by Crippen LogP contribution is 2.41. The number of rotatable bonds is 4. The minimum Gasteiger partial charge on any atom is -0.496 e. The second-order valence-corrected chi connectivity index (χ2v) is 6.75. The lowest BCUT2D eigenvalue weighted by Gasteiger charge is -2.23. The number of hydrogen-bond donors (Lipinski definition) is 0. The van der Waals surface area contributed by atoms with Crippen LogP contribution in [0.15, 0.2) is 27.6 Å². The molecule has 1 aromatic carbocycles. The first kappa shape index (κ1) is 15.7. The van der Waals surface area contributed by atoms with Crippen molar-refractivity contribution in [2.24, 2.45) is 10.2 Å². The first-order chi connectivity index (χ1) is 11.0. The summed E-state index contributed by atoms with van der Waals surface area (Å²) in [6.45, 7) is 6.13. The van der Waals surface area contributed by atoms with Crippen molar-refractivity contribution in [1.82, 2.24) is 0 Å².